The smallest absolute Gasteiger partial charge is 0.265 e. The Kier molecular flexibility index (Phi) is 10.1. The molecule has 0 unspecified atom stereocenters. The van der Waals surface area contributed by atoms with Gasteiger partial charge in [0.25, 0.3) is 21.8 Å². The lowest BCUT2D eigenvalue weighted by Gasteiger charge is -2.15. The van der Waals surface area contributed by atoms with Gasteiger partial charge in [-0.3, -0.25) is 14.3 Å². The van der Waals surface area contributed by atoms with Crippen LogP contribution in [0.2, 0.25) is 0 Å². The van der Waals surface area contributed by atoms with Crippen LogP contribution >= 0.6 is 0 Å². The zero-order valence-electron chi connectivity index (χ0n) is 24.7. The third kappa shape index (κ3) is 7.45. The lowest BCUT2D eigenvalue weighted by atomic mass is 10.0. The number of nitrogens with one attached hydrogen (secondary N) is 3. The van der Waals surface area contributed by atoms with E-state index in [2.05, 4.69) is 15.4 Å². The van der Waals surface area contributed by atoms with Crippen LogP contribution in [0.25, 0.3) is 11.1 Å². The number of benzene rings is 4. The van der Waals surface area contributed by atoms with Crippen molar-refractivity contribution in [3.05, 3.63) is 102 Å². The van der Waals surface area contributed by atoms with Crippen LogP contribution in [0, 0.1) is 5.82 Å². The Morgan fingerprint density at radius 3 is 2.20 bits per heavy atom. The summed E-state index contributed by atoms with van der Waals surface area (Å²) in [6.07, 6.45) is 0. The Bertz CT molecular complexity index is 1780. The SMILES string of the molecule is COc1ccc(-c2cccc(C(=O)N(C)C)c2)cc1S(=O)(=O)Nc1cccc(NCCNC(=O)c2c(F)cccc2OC)c1. The summed E-state index contributed by atoms with van der Waals surface area (Å²) in [4.78, 5) is 26.3. The van der Waals surface area contributed by atoms with Gasteiger partial charge in [0.1, 0.15) is 27.8 Å². The average Bonchev–Trinajstić information content (AvgIpc) is 3.02. The molecule has 0 aliphatic rings. The monoisotopic (exact) mass is 620 g/mol. The van der Waals surface area contributed by atoms with Gasteiger partial charge in [0.05, 0.1) is 19.9 Å². The highest BCUT2D eigenvalue weighted by atomic mass is 32.2. The number of anilines is 2. The van der Waals surface area contributed by atoms with Crippen LogP contribution in [-0.4, -0.2) is 66.5 Å². The predicted octanol–water partition coefficient (Wildman–Crippen LogP) is 4.85. The van der Waals surface area contributed by atoms with E-state index in [4.69, 9.17) is 9.47 Å². The minimum Gasteiger partial charge on any atom is -0.496 e. The van der Waals surface area contributed by atoms with E-state index in [0.717, 1.165) is 0 Å². The summed E-state index contributed by atoms with van der Waals surface area (Å²) in [5.41, 5.74) is 2.43. The zero-order valence-corrected chi connectivity index (χ0v) is 25.5. The molecule has 3 N–H and O–H groups in total. The van der Waals surface area contributed by atoms with E-state index in [9.17, 15) is 22.4 Å². The minimum atomic E-state index is -4.10. The molecule has 4 aromatic carbocycles. The summed E-state index contributed by atoms with van der Waals surface area (Å²) in [7, 11) is 1.96. The fraction of sp³-hybridized carbons (Fsp3) is 0.188. The number of nitrogens with zero attached hydrogens (tertiary/aromatic N) is 1. The maximum Gasteiger partial charge on any atom is 0.265 e. The molecule has 0 spiro atoms. The van der Waals surface area contributed by atoms with E-state index in [-0.39, 0.29) is 41.0 Å². The Morgan fingerprint density at radius 1 is 0.795 bits per heavy atom. The molecule has 0 heterocycles. The van der Waals surface area contributed by atoms with E-state index in [1.54, 1.807) is 74.8 Å². The number of hydrogen-bond donors (Lipinski definition) is 3. The largest absolute Gasteiger partial charge is 0.496 e. The molecule has 12 heteroatoms. The van der Waals surface area contributed by atoms with Gasteiger partial charge in [0.15, 0.2) is 0 Å². The number of carbonyl (C=O) groups excluding carboxylic acids is 2. The van der Waals surface area contributed by atoms with Gasteiger partial charge in [0.2, 0.25) is 0 Å². The van der Waals surface area contributed by atoms with E-state index in [1.165, 1.54) is 43.4 Å². The standard InChI is InChI=1S/C32H33FN4O6S/c1-37(2)32(39)23-9-5-8-21(18-23)22-14-15-27(42-3)29(19-22)44(40,41)36-25-11-6-10-24(20-25)34-16-17-35-31(38)30-26(33)12-7-13-28(30)43-4/h5-15,18-20,34,36H,16-17H2,1-4H3,(H,35,38). The van der Waals surface area contributed by atoms with Gasteiger partial charge in [0, 0.05) is 38.4 Å². The second kappa shape index (κ2) is 13.9. The Hall–Kier alpha value is -5.10. The van der Waals surface area contributed by atoms with Gasteiger partial charge >= 0.3 is 0 Å². The summed E-state index contributed by atoms with van der Waals surface area (Å²) in [6, 6.07) is 22.5. The van der Waals surface area contributed by atoms with Gasteiger partial charge in [-0.15, -0.1) is 0 Å². The number of rotatable bonds is 12. The highest BCUT2D eigenvalue weighted by Gasteiger charge is 2.22. The van der Waals surface area contributed by atoms with Crippen LogP contribution in [0.1, 0.15) is 20.7 Å². The third-order valence-electron chi connectivity index (χ3n) is 6.58. The summed E-state index contributed by atoms with van der Waals surface area (Å²) in [5, 5.41) is 5.74. The molecular weight excluding hydrogens is 587 g/mol. The normalized spacial score (nSPS) is 10.9. The molecule has 0 aromatic heterocycles. The number of sulfonamides is 1. The van der Waals surface area contributed by atoms with Crippen molar-refractivity contribution in [2.45, 2.75) is 4.90 Å². The number of carbonyl (C=O) groups is 2. The molecule has 4 rings (SSSR count). The molecule has 230 valence electrons. The molecule has 0 saturated heterocycles. The summed E-state index contributed by atoms with van der Waals surface area (Å²) < 4.78 is 54.2. The first-order valence-corrected chi connectivity index (χ1v) is 15.0. The van der Waals surface area contributed by atoms with Crippen molar-refractivity contribution < 1.29 is 31.9 Å². The van der Waals surface area contributed by atoms with Crippen molar-refractivity contribution in [2.75, 3.05) is 51.4 Å². The first-order valence-electron chi connectivity index (χ1n) is 13.5. The number of amides is 2. The molecule has 0 bridgehead atoms. The minimum absolute atomic E-state index is 0.0773. The maximum absolute atomic E-state index is 14.2. The Labute approximate surface area is 255 Å². The lowest BCUT2D eigenvalue weighted by molar-refractivity contribution is 0.0827. The highest BCUT2D eigenvalue weighted by molar-refractivity contribution is 7.92. The Balaban J connectivity index is 1.46. The average molecular weight is 621 g/mol. The van der Waals surface area contributed by atoms with Gasteiger partial charge < -0.3 is 25.0 Å². The van der Waals surface area contributed by atoms with E-state index in [1.807, 2.05) is 0 Å². The topological polar surface area (TPSA) is 126 Å². The van der Waals surface area contributed by atoms with Crippen LogP contribution in [0.15, 0.2) is 89.8 Å². The van der Waals surface area contributed by atoms with Crippen molar-refractivity contribution in [1.29, 1.82) is 0 Å². The molecule has 0 aliphatic heterocycles. The van der Waals surface area contributed by atoms with Crippen LogP contribution in [0.3, 0.4) is 0 Å². The zero-order chi connectivity index (χ0) is 31.9. The second-order valence-corrected chi connectivity index (χ2v) is 11.5. The van der Waals surface area contributed by atoms with Crippen LogP contribution in [0.4, 0.5) is 15.8 Å². The summed E-state index contributed by atoms with van der Waals surface area (Å²) >= 11 is 0. The van der Waals surface area contributed by atoms with Crippen LogP contribution < -0.4 is 24.8 Å². The summed E-state index contributed by atoms with van der Waals surface area (Å²) in [6.45, 7) is 0.446. The molecule has 0 atom stereocenters. The molecule has 10 nitrogen and oxygen atoms in total. The third-order valence-corrected chi connectivity index (χ3v) is 7.98. The van der Waals surface area contributed by atoms with Crippen molar-refractivity contribution in [1.82, 2.24) is 10.2 Å². The number of hydrogen-bond acceptors (Lipinski definition) is 7. The number of methoxy groups -OCH3 is 2. The maximum atomic E-state index is 14.2. The highest BCUT2D eigenvalue weighted by Crippen LogP contribution is 2.32. The fourth-order valence-electron chi connectivity index (χ4n) is 4.43. The van der Waals surface area contributed by atoms with Crippen LogP contribution in [0.5, 0.6) is 11.5 Å². The van der Waals surface area contributed by atoms with Crippen molar-refractivity contribution >= 4 is 33.2 Å². The molecule has 0 aliphatic carbocycles. The van der Waals surface area contributed by atoms with Crippen molar-refractivity contribution in [3.63, 3.8) is 0 Å². The molecule has 44 heavy (non-hydrogen) atoms. The predicted molar refractivity (Wildman–Crippen MR) is 167 cm³/mol. The summed E-state index contributed by atoms with van der Waals surface area (Å²) in [5.74, 6) is -1.19. The molecule has 4 aromatic rings. The molecule has 0 saturated carbocycles. The molecular formula is C32H33FN4O6S. The quantitative estimate of drug-likeness (QED) is 0.193. The van der Waals surface area contributed by atoms with Gasteiger partial charge in [-0.25, -0.2) is 12.8 Å². The van der Waals surface area contributed by atoms with Gasteiger partial charge in [-0.05, 0) is 65.7 Å². The fourth-order valence-corrected chi connectivity index (χ4v) is 5.67. The van der Waals surface area contributed by atoms with Crippen molar-refractivity contribution in [3.8, 4) is 22.6 Å². The lowest BCUT2D eigenvalue weighted by Crippen LogP contribution is -2.29. The second-order valence-electron chi connectivity index (χ2n) is 9.83. The number of ether oxygens (including phenoxy) is 2. The first-order chi connectivity index (χ1) is 21.0. The van der Waals surface area contributed by atoms with E-state index < -0.39 is 21.7 Å². The van der Waals surface area contributed by atoms with Gasteiger partial charge in [-0.2, -0.15) is 0 Å². The van der Waals surface area contributed by atoms with Crippen molar-refractivity contribution in [2.24, 2.45) is 0 Å². The number of halogens is 1. The Morgan fingerprint density at radius 2 is 1.48 bits per heavy atom. The van der Waals surface area contributed by atoms with E-state index >= 15 is 0 Å². The van der Waals surface area contributed by atoms with Gasteiger partial charge in [-0.1, -0.05) is 30.3 Å². The molecule has 0 fully saturated rings. The van der Waals surface area contributed by atoms with Crippen LogP contribution in [-0.2, 0) is 10.0 Å². The molecule has 2 amide bonds. The van der Waals surface area contributed by atoms with E-state index in [0.29, 0.717) is 28.1 Å². The first kappa shape index (κ1) is 31.8. The molecule has 0 radical (unpaired) electrons.